The largest absolute Gasteiger partial charge is 0.462 e. The molecule has 0 saturated carbocycles. The summed E-state index contributed by atoms with van der Waals surface area (Å²) in [4.78, 5) is 38.3. The van der Waals surface area contributed by atoms with Crippen molar-refractivity contribution in [1.29, 1.82) is 0 Å². The zero-order valence-corrected chi connectivity index (χ0v) is 50.2. The van der Waals surface area contributed by atoms with Gasteiger partial charge in [0.15, 0.2) is 6.10 Å². The number of carbonyl (C=O) groups excluding carboxylic acids is 3. The van der Waals surface area contributed by atoms with Crippen LogP contribution in [0.25, 0.3) is 0 Å². The summed E-state index contributed by atoms with van der Waals surface area (Å²) in [6.45, 7) is 6.48. The molecule has 0 aliphatic rings. The maximum Gasteiger partial charge on any atom is 0.306 e. The molecule has 0 radical (unpaired) electrons. The monoisotopic (exact) mass is 1070 g/mol. The van der Waals surface area contributed by atoms with Gasteiger partial charge in [0.25, 0.3) is 0 Å². The minimum Gasteiger partial charge on any atom is -0.462 e. The smallest absolute Gasteiger partial charge is 0.306 e. The van der Waals surface area contributed by atoms with E-state index < -0.39 is 6.10 Å². The number of carbonyl (C=O) groups is 3. The highest BCUT2D eigenvalue weighted by Crippen LogP contribution is 2.14. The lowest BCUT2D eigenvalue weighted by Gasteiger charge is -2.18. The Morgan fingerprint density at radius 1 is 0.273 bits per heavy atom. The molecule has 6 heteroatoms. The molecule has 6 nitrogen and oxygen atoms in total. The lowest BCUT2D eigenvalue weighted by Crippen LogP contribution is -2.30. The molecule has 0 bridgehead atoms. The van der Waals surface area contributed by atoms with Crippen molar-refractivity contribution >= 4 is 17.9 Å². The molecule has 0 aliphatic carbocycles. The van der Waals surface area contributed by atoms with Gasteiger partial charge in [-0.1, -0.05) is 258 Å². The van der Waals surface area contributed by atoms with E-state index >= 15 is 0 Å². The maximum atomic E-state index is 12.9. The molecule has 1 atom stereocenters. The molecule has 77 heavy (non-hydrogen) atoms. The van der Waals surface area contributed by atoms with Gasteiger partial charge in [0, 0.05) is 19.3 Å². The van der Waals surface area contributed by atoms with E-state index in [-0.39, 0.29) is 31.1 Å². The first-order valence-electron chi connectivity index (χ1n) is 32.0. The summed E-state index contributed by atoms with van der Waals surface area (Å²) in [5, 5.41) is 0. The lowest BCUT2D eigenvalue weighted by atomic mass is 10.1. The van der Waals surface area contributed by atoms with Gasteiger partial charge in [-0.3, -0.25) is 14.4 Å². The summed E-state index contributed by atoms with van der Waals surface area (Å²) in [6.07, 6.45) is 89.1. The zero-order chi connectivity index (χ0) is 55.7. The van der Waals surface area contributed by atoms with E-state index in [0.717, 1.165) is 148 Å². The summed E-state index contributed by atoms with van der Waals surface area (Å²) in [7, 11) is 0. The quantitative estimate of drug-likeness (QED) is 0.0261. The molecule has 0 fully saturated rings. The molecule has 0 aromatic rings. The Morgan fingerprint density at radius 2 is 0.506 bits per heavy atom. The highest BCUT2D eigenvalue weighted by Gasteiger charge is 2.19. The minimum absolute atomic E-state index is 0.0983. The van der Waals surface area contributed by atoms with E-state index in [1.807, 2.05) is 0 Å². The molecule has 1 unspecified atom stereocenters. The van der Waals surface area contributed by atoms with Gasteiger partial charge in [0.05, 0.1) is 0 Å². The van der Waals surface area contributed by atoms with Crippen LogP contribution in [-0.2, 0) is 28.6 Å². The van der Waals surface area contributed by atoms with Crippen molar-refractivity contribution in [3.05, 3.63) is 122 Å². The lowest BCUT2D eigenvalue weighted by molar-refractivity contribution is -0.167. The number of rotatable bonds is 57. The summed E-state index contributed by atoms with van der Waals surface area (Å²) in [6, 6.07) is 0. The van der Waals surface area contributed by atoms with E-state index in [1.54, 1.807) is 0 Å². The van der Waals surface area contributed by atoms with Crippen LogP contribution in [-0.4, -0.2) is 37.2 Å². The molecule has 0 spiro atoms. The summed E-state index contributed by atoms with van der Waals surface area (Å²) < 4.78 is 16.9. The Morgan fingerprint density at radius 3 is 0.805 bits per heavy atom. The summed E-state index contributed by atoms with van der Waals surface area (Å²) in [5.41, 5.74) is 0. The first-order valence-corrected chi connectivity index (χ1v) is 32.0. The number of hydrogen-bond donors (Lipinski definition) is 0. The third kappa shape index (κ3) is 62.5. The molecule has 0 heterocycles. The summed E-state index contributed by atoms with van der Waals surface area (Å²) >= 11 is 0. The third-order valence-corrected chi connectivity index (χ3v) is 13.4. The third-order valence-electron chi connectivity index (χ3n) is 13.4. The van der Waals surface area contributed by atoms with E-state index in [9.17, 15) is 14.4 Å². The van der Waals surface area contributed by atoms with Crippen LogP contribution in [0, 0.1) is 0 Å². The molecule has 0 amide bonds. The highest BCUT2D eigenvalue weighted by molar-refractivity contribution is 5.71. The zero-order valence-electron chi connectivity index (χ0n) is 50.2. The van der Waals surface area contributed by atoms with Crippen LogP contribution in [0.1, 0.15) is 290 Å². The fourth-order valence-corrected chi connectivity index (χ4v) is 8.62. The maximum absolute atomic E-state index is 12.9. The van der Waals surface area contributed by atoms with Crippen molar-refractivity contribution in [1.82, 2.24) is 0 Å². The Bertz CT molecular complexity index is 1600. The Balaban J connectivity index is 4.48. The van der Waals surface area contributed by atoms with Gasteiger partial charge in [-0.25, -0.2) is 0 Å². The standard InChI is InChI=1S/C71H118O6/c1-4-7-10-13-16-19-22-25-28-30-32-34-35-37-38-40-43-46-49-52-55-58-61-64-70(73)76-67-68(66-75-69(72)63-60-57-54-51-48-45-42-27-24-21-18-15-12-9-6-3)77-71(74)65-62-59-56-53-50-47-44-41-39-36-33-31-29-26-23-20-17-14-11-8-5-2/h7,10,16,19,23,25-28,31-34,37-39,41-43,46,68H,4-6,8-9,11-15,17-18,20-22,24,29-30,35-36,40,44-45,47-67H2,1-3H3/b10-7-,19-16-,26-23-,28-25-,33-31-,34-32-,38-37-,41-39-,42-27-,46-43-. The Kier molecular flexibility index (Phi) is 60.8. The number of allylic oxidation sites excluding steroid dienone is 20. The second kappa shape index (κ2) is 64.3. The van der Waals surface area contributed by atoms with Crippen molar-refractivity contribution in [2.24, 2.45) is 0 Å². The van der Waals surface area contributed by atoms with Crippen LogP contribution >= 0.6 is 0 Å². The normalized spacial score (nSPS) is 12.9. The number of ether oxygens (including phenoxy) is 3. The average Bonchev–Trinajstić information content (AvgIpc) is 3.43. The molecule has 0 aliphatic heterocycles. The van der Waals surface area contributed by atoms with Crippen LogP contribution in [0.4, 0.5) is 0 Å². The molecule has 0 aromatic heterocycles. The van der Waals surface area contributed by atoms with Crippen molar-refractivity contribution in [3.63, 3.8) is 0 Å². The van der Waals surface area contributed by atoms with Crippen LogP contribution in [0.3, 0.4) is 0 Å². The minimum atomic E-state index is -0.804. The van der Waals surface area contributed by atoms with Crippen molar-refractivity contribution in [2.75, 3.05) is 13.2 Å². The predicted molar refractivity (Wildman–Crippen MR) is 334 cm³/mol. The molecule has 0 N–H and O–H groups in total. The summed E-state index contributed by atoms with van der Waals surface area (Å²) in [5.74, 6) is -0.940. The first kappa shape index (κ1) is 72.8. The van der Waals surface area contributed by atoms with Gasteiger partial charge in [-0.05, 0) is 135 Å². The Hall–Kier alpha value is -4.19. The van der Waals surface area contributed by atoms with E-state index in [4.69, 9.17) is 14.2 Å². The van der Waals surface area contributed by atoms with E-state index in [1.165, 1.54) is 103 Å². The van der Waals surface area contributed by atoms with Crippen LogP contribution in [0.5, 0.6) is 0 Å². The average molecular weight is 1070 g/mol. The van der Waals surface area contributed by atoms with Gasteiger partial charge in [-0.2, -0.15) is 0 Å². The van der Waals surface area contributed by atoms with Crippen LogP contribution in [0.15, 0.2) is 122 Å². The fraction of sp³-hybridized carbons (Fsp3) is 0.676. The molecule has 0 aromatic carbocycles. The van der Waals surface area contributed by atoms with Crippen LogP contribution < -0.4 is 0 Å². The van der Waals surface area contributed by atoms with Gasteiger partial charge >= 0.3 is 17.9 Å². The molecular formula is C71H118O6. The topological polar surface area (TPSA) is 78.9 Å². The van der Waals surface area contributed by atoms with Crippen molar-refractivity contribution in [2.45, 2.75) is 297 Å². The molecular weight excluding hydrogens is 949 g/mol. The van der Waals surface area contributed by atoms with Crippen molar-refractivity contribution in [3.8, 4) is 0 Å². The highest BCUT2D eigenvalue weighted by atomic mass is 16.6. The van der Waals surface area contributed by atoms with Gasteiger partial charge in [0.2, 0.25) is 0 Å². The molecule has 0 saturated heterocycles. The molecule has 0 rings (SSSR count). The van der Waals surface area contributed by atoms with Gasteiger partial charge in [-0.15, -0.1) is 0 Å². The predicted octanol–water partition coefficient (Wildman–Crippen LogP) is 22.0. The SMILES string of the molecule is CC/C=C\C/C=C\C/C=C\C/C=C\C/C=C\C/C=C\CCCCCCC(=O)OCC(COC(=O)CCCCCCC/C=C\CCCCCCCC)OC(=O)CCCCCCCC/C=C\C/C=C\C/C=C\CCCCCCC. The molecule has 438 valence electrons. The van der Waals surface area contributed by atoms with Crippen LogP contribution in [0.2, 0.25) is 0 Å². The second-order valence-electron chi connectivity index (χ2n) is 20.9. The van der Waals surface area contributed by atoms with Gasteiger partial charge in [0.1, 0.15) is 13.2 Å². The fourth-order valence-electron chi connectivity index (χ4n) is 8.62. The second-order valence-corrected chi connectivity index (χ2v) is 20.9. The number of hydrogen-bond acceptors (Lipinski definition) is 6. The first-order chi connectivity index (χ1) is 38.0. The Labute approximate surface area is 475 Å². The van der Waals surface area contributed by atoms with Crippen molar-refractivity contribution < 1.29 is 28.6 Å². The van der Waals surface area contributed by atoms with E-state index in [2.05, 4.69) is 142 Å². The number of esters is 3. The van der Waals surface area contributed by atoms with Gasteiger partial charge < -0.3 is 14.2 Å². The number of unbranched alkanes of at least 4 members (excludes halogenated alkanes) is 26. The van der Waals surface area contributed by atoms with E-state index in [0.29, 0.717) is 19.3 Å².